The summed E-state index contributed by atoms with van der Waals surface area (Å²) in [5, 5.41) is 1.34. The SMILES string of the molecule is CC1CC(C)CN(C(=O)CSc2nc3sc4c(c3c(=O)[nH]2)CCCC4)C1. The van der Waals surface area contributed by atoms with Crippen molar-refractivity contribution in [2.75, 3.05) is 18.8 Å². The van der Waals surface area contributed by atoms with Crippen molar-refractivity contribution < 1.29 is 4.79 Å². The number of likely N-dealkylation sites (tertiary alicyclic amines) is 1. The van der Waals surface area contributed by atoms with Crippen LogP contribution in [0.25, 0.3) is 10.2 Å². The summed E-state index contributed by atoms with van der Waals surface area (Å²) in [4.78, 5) is 36.8. The van der Waals surface area contributed by atoms with E-state index in [1.54, 1.807) is 11.3 Å². The minimum absolute atomic E-state index is 0.0513. The third-order valence-corrected chi connectivity index (χ3v) is 7.40. The summed E-state index contributed by atoms with van der Waals surface area (Å²) in [5.41, 5.74) is 1.15. The van der Waals surface area contributed by atoms with Gasteiger partial charge in [0, 0.05) is 18.0 Å². The highest BCUT2D eigenvalue weighted by molar-refractivity contribution is 7.99. The average Bonchev–Trinajstić information content (AvgIpc) is 2.97. The van der Waals surface area contributed by atoms with Crippen LogP contribution in [0.15, 0.2) is 9.95 Å². The van der Waals surface area contributed by atoms with Crippen molar-refractivity contribution in [3.05, 3.63) is 20.8 Å². The molecule has 0 saturated carbocycles. The molecule has 0 spiro atoms. The van der Waals surface area contributed by atoms with Crippen molar-refractivity contribution in [3.8, 4) is 0 Å². The van der Waals surface area contributed by atoms with E-state index in [0.29, 0.717) is 22.7 Å². The molecule has 2 aromatic rings. The van der Waals surface area contributed by atoms with Gasteiger partial charge in [0.15, 0.2) is 5.16 Å². The standard InChI is InChI=1S/C19H25N3O2S2/c1-11-7-12(2)9-22(8-11)15(23)10-25-19-20-17(24)16-13-5-3-4-6-14(13)26-18(16)21-19/h11-12H,3-10H2,1-2H3,(H,20,21,24). The van der Waals surface area contributed by atoms with Crippen LogP contribution in [0.3, 0.4) is 0 Å². The van der Waals surface area contributed by atoms with Gasteiger partial charge in [0.25, 0.3) is 5.56 Å². The molecule has 3 heterocycles. The second-order valence-corrected chi connectivity index (χ2v) is 9.84. The molecule has 0 aromatic carbocycles. The Bertz CT molecular complexity index is 879. The molecular weight excluding hydrogens is 366 g/mol. The Morgan fingerprint density at radius 3 is 2.77 bits per heavy atom. The quantitative estimate of drug-likeness (QED) is 0.643. The number of nitrogens with one attached hydrogen (secondary N) is 1. The summed E-state index contributed by atoms with van der Waals surface area (Å²) in [6.07, 6.45) is 5.57. The molecule has 26 heavy (non-hydrogen) atoms. The van der Waals surface area contributed by atoms with Crippen LogP contribution < -0.4 is 5.56 Å². The van der Waals surface area contributed by atoms with Gasteiger partial charge in [-0.15, -0.1) is 11.3 Å². The lowest BCUT2D eigenvalue weighted by molar-refractivity contribution is -0.130. The Balaban J connectivity index is 1.49. The van der Waals surface area contributed by atoms with Crippen molar-refractivity contribution in [1.29, 1.82) is 0 Å². The normalized spacial score (nSPS) is 23.2. The number of carbonyl (C=O) groups is 1. The van der Waals surface area contributed by atoms with E-state index in [2.05, 4.69) is 23.8 Å². The van der Waals surface area contributed by atoms with Crippen LogP contribution in [0.4, 0.5) is 0 Å². The van der Waals surface area contributed by atoms with E-state index in [1.807, 2.05) is 4.90 Å². The summed E-state index contributed by atoms with van der Waals surface area (Å²) in [5.74, 6) is 1.58. The second-order valence-electron chi connectivity index (χ2n) is 7.80. The maximum absolute atomic E-state index is 12.6. The van der Waals surface area contributed by atoms with E-state index in [9.17, 15) is 9.59 Å². The van der Waals surface area contributed by atoms with Gasteiger partial charge < -0.3 is 9.88 Å². The topological polar surface area (TPSA) is 66.1 Å². The number of H-pyrrole nitrogens is 1. The summed E-state index contributed by atoms with van der Waals surface area (Å²) in [7, 11) is 0. The Hall–Kier alpha value is -1.34. The number of thiophene rings is 1. The zero-order valence-electron chi connectivity index (χ0n) is 15.3. The summed E-state index contributed by atoms with van der Waals surface area (Å²) in [6, 6.07) is 0. The Morgan fingerprint density at radius 2 is 2.00 bits per heavy atom. The first kappa shape index (κ1) is 18.0. The highest BCUT2D eigenvalue weighted by atomic mass is 32.2. The van der Waals surface area contributed by atoms with Crippen molar-refractivity contribution >= 4 is 39.2 Å². The number of thioether (sulfide) groups is 1. The van der Waals surface area contributed by atoms with Crippen molar-refractivity contribution in [1.82, 2.24) is 14.9 Å². The summed E-state index contributed by atoms with van der Waals surface area (Å²) in [6.45, 7) is 6.08. The average molecular weight is 392 g/mol. The number of fused-ring (bicyclic) bond motifs is 3. The fourth-order valence-corrected chi connectivity index (χ4v) is 6.38. The molecule has 0 radical (unpaired) electrons. The molecule has 2 unspecified atom stereocenters. The lowest BCUT2D eigenvalue weighted by Crippen LogP contribution is -2.43. The molecule has 0 bridgehead atoms. The zero-order chi connectivity index (χ0) is 18.3. The molecule has 4 rings (SSSR count). The number of carbonyl (C=O) groups excluding carboxylic acids is 1. The number of hydrogen-bond donors (Lipinski definition) is 1. The first-order valence-electron chi connectivity index (χ1n) is 9.46. The van der Waals surface area contributed by atoms with Crippen molar-refractivity contribution in [3.63, 3.8) is 0 Å². The molecule has 2 aliphatic rings. The highest BCUT2D eigenvalue weighted by Crippen LogP contribution is 2.34. The highest BCUT2D eigenvalue weighted by Gasteiger charge is 2.26. The van der Waals surface area contributed by atoms with Crippen LogP contribution in [0.1, 0.15) is 43.6 Å². The summed E-state index contributed by atoms with van der Waals surface area (Å²) < 4.78 is 0. The van der Waals surface area contributed by atoms with Gasteiger partial charge in [-0.2, -0.15) is 0 Å². The molecule has 1 saturated heterocycles. The number of aromatic nitrogens is 2. The van der Waals surface area contributed by atoms with Crippen molar-refractivity contribution in [2.24, 2.45) is 11.8 Å². The number of rotatable bonds is 3. The third kappa shape index (κ3) is 3.56. The number of hydrogen-bond acceptors (Lipinski definition) is 5. The van der Waals surface area contributed by atoms with Gasteiger partial charge in [0.1, 0.15) is 4.83 Å². The minimum Gasteiger partial charge on any atom is -0.341 e. The molecule has 140 valence electrons. The van der Waals surface area contributed by atoms with E-state index < -0.39 is 0 Å². The van der Waals surface area contributed by atoms with Gasteiger partial charge in [-0.05, 0) is 49.5 Å². The molecular formula is C19H25N3O2S2. The molecule has 1 amide bonds. The van der Waals surface area contributed by atoms with Crippen LogP contribution in [0, 0.1) is 11.8 Å². The minimum atomic E-state index is -0.0513. The van der Waals surface area contributed by atoms with E-state index >= 15 is 0 Å². The number of nitrogens with zero attached hydrogens (tertiary/aromatic N) is 2. The van der Waals surface area contributed by atoms with Gasteiger partial charge >= 0.3 is 0 Å². The summed E-state index contributed by atoms with van der Waals surface area (Å²) >= 11 is 3.00. The Kier molecular flexibility index (Phi) is 5.10. The van der Waals surface area contributed by atoms with Crippen LogP contribution in [-0.2, 0) is 17.6 Å². The van der Waals surface area contributed by atoms with Gasteiger partial charge in [0.05, 0.1) is 11.1 Å². The Labute approximate surface area is 161 Å². The molecule has 1 N–H and O–H groups in total. The molecule has 7 heteroatoms. The fourth-order valence-electron chi connectivity index (χ4n) is 4.30. The lowest BCUT2D eigenvalue weighted by Gasteiger charge is -2.34. The number of aryl methyl sites for hydroxylation is 2. The van der Waals surface area contributed by atoms with E-state index in [4.69, 9.17) is 0 Å². The van der Waals surface area contributed by atoms with Crippen LogP contribution >= 0.6 is 23.1 Å². The van der Waals surface area contributed by atoms with E-state index in [-0.39, 0.29) is 11.5 Å². The zero-order valence-corrected chi connectivity index (χ0v) is 17.0. The first-order valence-corrected chi connectivity index (χ1v) is 11.3. The predicted octanol–water partition coefficient (Wildman–Crippen LogP) is 3.46. The van der Waals surface area contributed by atoms with Gasteiger partial charge in [0.2, 0.25) is 5.91 Å². The van der Waals surface area contributed by atoms with Crippen LogP contribution in [0.5, 0.6) is 0 Å². The van der Waals surface area contributed by atoms with E-state index in [0.717, 1.165) is 42.6 Å². The lowest BCUT2D eigenvalue weighted by atomic mass is 9.92. The maximum Gasteiger partial charge on any atom is 0.260 e. The molecule has 1 fully saturated rings. The van der Waals surface area contributed by atoms with Crippen LogP contribution in [0.2, 0.25) is 0 Å². The number of piperidine rings is 1. The fraction of sp³-hybridized carbons (Fsp3) is 0.632. The monoisotopic (exact) mass is 391 g/mol. The van der Waals surface area contributed by atoms with Gasteiger partial charge in [-0.1, -0.05) is 25.6 Å². The number of amides is 1. The first-order chi connectivity index (χ1) is 12.5. The predicted molar refractivity (Wildman–Crippen MR) is 107 cm³/mol. The van der Waals surface area contributed by atoms with Gasteiger partial charge in [-0.25, -0.2) is 4.98 Å². The van der Waals surface area contributed by atoms with E-state index in [1.165, 1.54) is 35.0 Å². The van der Waals surface area contributed by atoms with Crippen LogP contribution in [-0.4, -0.2) is 39.6 Å². The third-order valence-electron chi connectivity index (χ3n) is 5.36. The molecule has 1 aliphatic heterocycles. The molecule has 1 aliphatic carbocycles. The van der Waals surface area contributed by atoms with Crippen molar-refractivity contribution in [2.45, 2.75) is 51.1 Å². The smallest absolute Gasteiger partial charge is 0.260 e. The maximum atomic E-state index is 12.6. The Morgan fingerprint density at radius 1 is 1.27 bits per heavy atom. The largest absolute Gasteiger partial charge is 0.341 e. The molecule has 2 atom stereocenters. The number of aromatic amines is 1. The molecule has 2 aromatic heterocycles. The van der Waals surface area contributed by atoms with Gasteiger partial charge in [-0.3, -0.25) is 9.59 Å². The second kappa shape index (κ2) is 7.35. The molecule has 5 nitrogen and oxygen atoms in total.